The van der Waals surface area contributed by atoms with Gasteiger partial charge in [0.1, 0.15) is 0 Å². The molecule has 81 heavy (non-hydrogen) atoms. The van der Waals surface area contributed by atoms with E-state index in [2.05, 4.69) is 254 Å². The zero-order chi connectivity index (χ0) is 55.5. The van der Waals surface area contributed by atoms with Crippen molar-refractivity contribution >= 4 is 100 Å². The number of benzene rings is 8. The summed E-state index contributed by atoms with van der Waals surface area (Å²) >= 11 is 2.07. The second kappa shape index (κ2) is 16.6. The van der Waals surface area contributed by atoms with Gasteiger partial charge in [0.05, 0.1) is 16.2 Å². The van der Waals surface area contributed by atoms with Gasteiger partial charge in [0.25, 0.3) is 6.71 Å². The molecule has 3 aliphatic heterocycles. The molecule has 2 fully saturated rings. The number of rotatable bonds is 4. The van der Waals surface area contributed by atoms with Crippen molar-refractivity contribution < 1.29 is 0 Å². The lowest BCUT2D eigenvalue weighted by Crippen LogP contribution is -2.61. The summed E-state index contributed by atoms with van der Waals surface area (Å²) < 4.78 is 1.43. The van der Waals surface area contributed by atoms with E-state index in [1.165, 1.54) is 173 Å². The molecule has 2 atom stereocenters. The van der Waals surface area contributed by atoms with Crippen molar-refractivity contribution in [2.24, 2.45) is 0 Å². The minimum atomic E-state index is -0.138. The van der Waals surface area contributed by atoms with Crippen LogP contribution in [0.25, 0.3) is 32.0 Å². The van der Waals surface area contributed by atoms with E-state index in [0.717, 1.165) is 6.42 Å². The van der Waals surface area contributed by atoms with Crippen LogP contribution in [0.15, 0.2) is 152 Å². The molecule has 8 aliphatic rings. The molecular weight excluding hydrogens is 998 g/mol. The molecule has 4 heterocycles. The molecule has 0 N–H and O–H groups in total. The van der Waals surface area contributed by atoms with Crippen LogP contribution in [0.3, 0.4) is 0 Å². The van der Waals surface area contributed by atoms with E-state index in [1.54, 1.807) is 11.1 Å². The third-order valence-electron chi connectivity index (χ3n) is 23.0. The SMILES string of the molecule is CC(C)(C)c1ccc(N2c3cc4ccccc4cc3B3c4c2cc(N2c5ccccc5C5(C)CCCCC25C)cc4N(c2ccc4c(c2)C(C)(C)CCC4(C)C)c2sc4cc5c(cc4c23)C2(C)CCC5(C)CC2)c(-c2ccccc2)c1. The normalized spacial score (nSPS) is 25.3. The summed E-state index contributed by atoms with van der Waals surface area (Å²) in [5.41, 5.74) is 25.2. The van der Waals surface area contributed by atoms with Crippen LogP contribution in [-0.2, 0) is 32.5 Å². The lowest BCUT2D eigenvalue weighted by Gasteiger charge is -2.52. The molecule has 5 aliphatic carbocycles. The number of hydrogen-bond acceptors (Lipinski definition) is 4. The Morgan fingerprint density at radius 1 is 0.457 bits per heavy atom. The highest BCUT2D eigenvalue weighted by Crippen LogP contribution is 2.63. The number of hydrogen-bond donors (Lipinski definition) is 0. The summed E-state index contributed by atoms with van der Waals surface area (Å²) in [6, 6.07) is 61.1. The summed E-state index contributed by atoms with van der Waals surface area (Å²) in [4.78, 5) is 8.41. The maximum absolute atomic E-state index is 2.85. The van der Waals surface area contributed by atoms with Crippen molar-refractivity contribution in [1.82, 2.24) is 0 Å². The molecule has 8 aromatic carbocycles. The fourth-order valence-electron chi connectivity index (χ4n) is 17.6. The summed E-state index contributed by atoms with van der Waals surface area (Å²) in [6.07, 6.45) is 12.2. The van der Waals surface area contributed by atoms with Gasteiger partial charge in [0.2, 0.25) is 0 Å². The van der Waals surface area contributed by atoms with Gasteiger partial charge in [-0.2, -0.15) is 0 Å². The standard InChI is InChI=1S/C76H78BN3S/c1-70(2,3)50-27-30-61(53(41-50)47-21-13-12-14-22-47)79-63-40-49-24-16-15-23-48(49)39-60(63)77-67-54-45-58-59(74(9)37-35-73(58,8)36-38-74)46-66(54)81-69(67)78(51-28-29-55-57(42-51)72(6,7)34-33-71(55,4)5)64-43-52(44-65(79)68(64)77)80-62-26-18-17-25-56(62)75(10)31-19-20-32-76(75,80)11/h12-18,21-30,39-46H,19-20,31-38H2,1-11H3. The average molecular weight is 1080 g/mol. The van der Waals surface area contributed by atoms with Gasteiger partial charge in [0, 0.05) is 49.8 Å². The van der Waals surface area contributed by atoms with Crippen molar-refractivity contribution in [3.63, 3.8) is 0 Å². The van der Waals surface area contributed by atoms with E-state index in [9.17, 15) is 0 Å². The van der Waals surface area contributed by atoms with Crippen molar-refractivity contribution in [2.45, 2.75) is 178 Å². The lowest BCUT2D eigenvalue weighted by molar-refractivity contribution is 0.188. The van der Waals surface area contributed by atoms with E-state index in [0.29, 0.717) is 0 Å². The molecule has 17 rings (SSSR count). The zero-order valence-electron chi connectivity index (χ0n) is 49.8. The van der Waals surface area contributed by atoms with E-state index in [-0.39, 0.29) is 44.7 Å². The molecule has 3 nitrogen and oxygen atoms in total. The molecule has 9 aromatic rings. The molecule has 2 bridgehead atoms. The Balaban J connectivity index is 1.08. The minimum Gasteiger partial charge on any atom is -0.334 e. The first-order valence-corrected chi connectivity index (χ1v) is 31.7. The Morgan fingerprint density at radius 3 is 1.83 bits per heavy atom. The highest BCUT2D eigenvalue weighted by Gasteiger charge is 2.58. The van der Waals surface area contributed by atoms with Gasteiger partial charge in [-0.25, -0.2) is 0 Å². The average Bonchev–Trinajstić information content (AvgIpc) is 3.78. The predicted molar refractivity (Wildman–Crippen MR) is 349 cm³/mol. The Morgan fingerprint density at radius 2 is 1.10 bits per heavy atom. The zero-order valence-corrected chi connectivity index (χ0v) is 50.6. The monoisotopic (exact) mass is 1080 g/mol. The summed E-state index contributed by atoms with van der Waals surface area (Å²) in [5, 5.41) is 5.39. The first-order valence-electron chi connectivity index (χ1n) is 30.9. The van der Waals surface area contributed by atoms with Crippen molar-refractivity contribution in [2.75, 3.05) is 14.7 Å². The summed E-state index contributed by atoms with van der Waals surface area (Å²) in [7, 11) is 0. The van der Waals surface area contributed by atoms with E-state index < -0.39 is 0 Å². The number of para-hydroxylation sites is 1. The Kier molecular flexibility index (Phi) is 10.3. The van der Waals surface area contributed by atoms with Gasteiger partial charge in [-0.15, -0.1) is 11.3 Å². The van der Waals surface area contributed by atoms with Crippen LogP contribution < -0.4 is 31.1 Å². The molecule has 1 aromatic heterocycles. The second-order valence-corrected chi connectivity index (χ2v) is 30.6. The van der Waals surface area contributed by atoms with Crippen molar-refractivity contribution in [3.05, 3.63) is 185 Å². The lowest BCUT2D eigenvalue weighted by atomic mass is 9.33. The quantitative estimate of drug-likeness (QED) is 0.163. The van der Waals surface area contributed by atoms with Crippen LogP contribution in [-0.4, -0.2) is 12.3 Å². The third-order valence-corrected chi connectivity index (χ3v) is 24.1. The van der Waals surface area contributed by atoms with Crippen LogP contribution in [0.2, 0.25) is 0 Å². The molecule has 2 unspecified atom stereocenters. The topological polar surface area (TPSA) is 9.72 Å². The molecule has 5 heteroatoms. The number of nitrogens with zero attached hydrogens (tertiary/aromatic N) is 3. The Bertz CT molecular complexity index is 4160. The van der Waals surface area contributed by atoms with E-state index in [1.807, 2.05) is 0 Å². The fraction of sp³-hybridized carbons (Fsp3) is 0.368. The number of fused-ring (bicyclic) bond motifs is 13. The molecule has 406 valence electrons. The van der Waals surface area contributed by atoms with Gasteiger partial charge in [-0.1, -0.05) is 173 Å². The highest BCUT2D eigenvalue weighted by molar-refractivity contribution is 7.26. The van der Waals surface area contributed by atoms with Gasteiger partial charge in [-0.3, -0.25) is 0 Å². The minimum absolute atomic E-state index is 0.00694. The van der Waals surface area contributed by atoms with E-state index in [4.69, 9.17) is 0 Å². The van der Waals surface area contributed by atoms with Crippen LogP contribution >= 0.6 is 11.3 Å². The van der Waals surface area contributed by atoms with Crippen LogP contribution in [0.4, 0.5) is 44.8 Å². The largest absolute Gasteiger partial charge is 0.334 e. The van der Waals surface area contributed by atoms with Gasteiger partial charge in [-0.05, 0) is 218 Å². The van der Waals surface area contributed by atoms with Crippen molar-refractivity contribution in [3.8, 4) is 11.1 Å². The van der Waals surface area contributed by atoms with Crippen LogP contribution in [0.5, 0.6) is 0 Å². The van der Waals surface area contributed by atoms with Gasteiger partial charge in [0.15, 0.2) is 0 Å². The third kappa shape index (κ3) is 6.82. The first-order chi connectivity index (χ1) is 38.7. The first kappa shape index (κ1) is 50.2. The number of anilines is 8. The molecule has 0 radical (unpaired) electrons. The number of thiophene rings is 1. The summed E-state index contributed by atoms with van der Waals surface area (Å²) in [5.74, 6) is 0. The fourth-order valence-corrected chi connectivity index (χ4v) is 18.9. The van der Waals surface area contributed by atoms with Crippen molar-refractivity contribution in [1.29, 1.82) is 0 Å². The Labute approximate surface area is 486 Å². The van der Waals surface area contributed by atoms with E-state index >= 15 is 0 Å². The second-order valence-electron chi connectivity index (χ2n) is 29.6. The predicted octanol–water partition coefficient (Wildman–Crippen LogP) is 19.3. The maximum Gasteiger partial charge on any atom is 0.254 e. The van der Waals surface area contributed by atoms with Crippen LogP contribution in [0.1, 0.15) is 174 Å². The molecule has 0 saturated heterocycles. The Hall–Kier alpha value is -6.56. The molecular formula is C76H78BN3S. The summed E-state index contributed by atoms with van der Waals surface area (Å²) in [6.45, 7) is 27.4. The molecule has 0 spiro atoms. The molecule has 2 saturated carbocycles. The highest BCUT2D eigenvalue weighted by atomic mass is 32.1. The van der Waals surface area contributed by atoms with Crippen LogP contribution in [0, 0.1) is 0 Å². The van der Waals surface area contributed by atoms with Gasteiger partial charge < -0.3 is 14.7 Å². The smallest absolute Gasteiger partial charge is 0.254 e. The van der Waals surface area contributed by atoms with Gasteiger partial charge >= 0.3 is 0 Å². The maximum atomic E-state index is 2.85. The molecule has 0 amide bonds.